The van der Waals surface area contributed by atoms with Crippen molar-refractivity contribution in [3.63, 3.8) is 0 Å². The first kappa shape index (κ1) is 24.6. The Morgan fingerprint density at radius 3 is 2.31 bits per heavy atom. The van der Waals surface area contributed by atoms with Gasteiger partial charge in [-0.1, -0.05) is 35.3 Å². The van der Waals surface area contributed by atoms with Gasteiger partial charge >= 0.3 is 5.69 Å². The number of carbonyl (C=O) groups excluding carboxylic acids is 1. The van der Waals surface area contributed by atoms with E-state index in [0.717, 1.165) is 15.9 Å². The smallest absolute Gasteiger partial charge is 0.337 e. The van der Waals surface area contributed by atoms with E-state index < -0.39 is 16.2 Å². The van der Waals surface area contributed by atoms with Crippen molar-refractivity contribution in [1.29, 1.82) is 0 Å². The molecule has 0 aliphatic carbocycles. The quantitative estimate of drug-likeness (QED) is 0.278. The van der Waals surface area contributed by atoms with Gasteiger partial charge in [0.25, 0.3) is 17.2 Å². The van der Waals surface area contributed by atoms with E-state index in [0.29, 0.717) is 20.8 Å². The summed E-state index contributed by atoms with van der Waals surface area (Å²) in [4.78, 5) is 52.6. The van der Waals surface area contributed by atoms with Gasteiger partial charge in [-0.25, -0.2) is 9.36 Å². The molecule has 0 N–H and O–H groups in total. The van der Waals surface area contributed by atoms with E-state index in [1.807, 2.05) is 0 Å². The molecule has 4 aromatic rings. The van der Waals surface area contributed by atoms with E-state index in [1.165, 1.54) is 51.9 Å². The number of benzene rings is 2. The number of amides is 1. The van der Waals surface area contributed by atoms with Crippen LogP contribution in [0.5, 0.6) is 0 Å². The standard InChI is InChI=1S/C23H18Cl2N4O5S/c1-12-18-20(30)28(15-8-9-16(24)17(25)10-15)23(32)27(22(18)35-19(12)21(31)26(2)3)11-13-4-6-14(7-5-13)29(33)34/h4-10H,11H2,1-3H3. The Bertz CT molecular complexity index is 1620. The zero-order valence-corrected chi connectivity index (χ0v) is 21.1. The molecule has 0 aliphatic rings. The fourth-order valence-corrected chi connectivity index (χ4v) is 5.26. The lowest BCUT2D eigenvalue weighted by Crippen LogP contribution is -2.39. The maximum atomic E-state index is 13.7. The Labute approximate surface area is 212 Å². The molecular weight excluding hydrogens is 515 g/mol. The minimum atomic E-state index is -0.649. The highest BCUT2D eigenvalue weighted by Gasteiger charge is 2.25. The van der Waals surface area contributed by atoms with E-state index in [1.54, 1.807) is 21.0 Å². The summed E-state index contributed by atoms with van der Waals surface area (Å²) in [5.41, 5.74) is -0.0400. The summed E-state index contributed by atoms with van der Waals surface area (Å²) in [5, 5.41) is 11.7. The van der Waals surface area contributed by atoms with E-state index in [4.69, 9.17) is 23.2 Å². The summed E-state index contributed by atoms with van der Waals surface area (Å²) in [7, 11) is 3.20. The van der Waals surface area contributed by atoms with Crippen molar-refractivity contribution in [3.05, 3.63) is 99.5 Å². The Morgan fingerprint density at radius 1 is 1.09 bits per heavy atom. The van der Waals surface area contributed by atoms with Gasteiger partial charge in [-0.15, -0.1) is 11.3 Å². The first-order valence-corrected chi connectivity index (χ1v) is 11.8. The summed E-state index contributed by atoms with van der Waals surface area (Å²) in [5.74, 6) is -0.293. The number of hydrogen-bond acceptors (Lipinski definition) is 6. The van der Waals surface area contributed by atoms with Crippen LogP contribution in [0.2, 0.25) is 10.0 Å². The van der Waals surface area contributed by atoms with Crippen molar-refractivity contribution in [1.82, 2.24) is 14.0 Å². The average Bonchev–Trinajstić information content (AvgIpc) is 3.15. The first-order chi connectivity index (χ1) is 16.5. The van der Waals surface area contributed by atoms with Crippen molar-refractivity contribution < 1.29 is 9.72 Å². The number of nitro benzene ring substituents is 1. The number of rotatable bonds is 5. The third kappa shape index (κ3) is 4.36. The number of aryl methyl sites for hydroxylation is 1. The zero-order chi connectivity index (χ0) is 25.6. The van der Waals surface area contributed by atoms with Crippen LogP contribution in [0.3, 0.4) is 0 Å². The lowest BCUT2D eigenvalue weighted by Gasteiger charge is -2.13. The molecule has 0 spiro atoms. The van der Waals surface area contributed by atoms with Crippen LogP contribution in [0.4, 0.5) is 5.69 Å². The number of non-ortho nitro benzene ring substituents is 1. The molecule has 0 aliphatic heterocycles. The van der Waals surface area contributed by atoms with Crippen LogP contribution in [0.25, 0.3) is 15.9 Å². The number of nitrogens with zero attached hydrogens (tertiary/aromatic N) is 4. The largest absolute Gasteiger partial charge is 0.344 e. The number of thiophene rings is 1. The normalized spacial score (nSPS) is 11.1. The molecule has 0 bridgehead atoms. The van der Waals surface area contributed by atoms with Gasteiger partial charge in [-0.2, -0.15) is 0 Å². The van der Waals surface area contributed by atoms with E-state index in [-0.39, 0.29) is 39.3 Å². The van der Waals surface area contributed by atoms with Gasteiger partial charge in [0.05, 0.1) is 37.5 Å². The molecule has 0 fully saturated rings. The molecule has 0 saturated heterocycles. The van der Waals surface area contributed by atoms with Crippen molar-refractivity contribution in [2.75, 3.05) is 14.1 Å². The minimum Gasteiger partial charge on any atom is -0.344 e. The van der Waals surface area contributed by atoms with E-state index in [2.05, 4.69) is 0 Å². The summed E-state index contributed by atoms with van der Waals surface area (Å²) in [6.07, 6.45) is 0. The molecular formula is C23H18Cl2N4O5S. The fraction of sp³-hybridized carbons (Fsp3) is 0.174. The molecule has 180 valence electrons. The van der Waals surface area contributed by atoms with Gasteiger partial charge in [0.1, 0.15) is 4.83 Å². The second kappa shape index (κ2) is 9.29. The highest BCUT2D eigenvalue weighted by Crippen LogP contribution is 2.30. The van der Waals surface area contributed by atoms with Crippen LogP contribution >= 0.6 is 34.5 Å². The Hall–Kier alpha value is -3.47. The number of carbonyl (C=O) groups is 1. The van der Waals surface area contributed by atoms with Gasteiger partial charge in [-0.3, -0.25) is 24.3 Å². The molecule has 0 unspecified atom stereocenters. The maximum Gasteiger partial charge on any atom is 0.337 e. The molecule has 1 amide bonds. The van der Waals surface area contributed by atoms with E-state index in [9.17, 15) is 24.5 Å². The highest BCUT2D eigenvalue weighted by atomic mass is 35.5. The van der Waals surface area contributed by atoms with Crippen molar-refractivity contribution in [2.45, 2.75) is 13.5 Å². The van der Waals surface area contributed by atoms with Crippen LogP contribution in [-0.4, -0.2) is 39.0 Å². The topological polar surface area (TPSA) is 107 Å². The summed E-state index contributed by atoms with van der Waals surface area (Å²) in [6, 6.07) is 10.2. The lowest BCUT2D eigenvalue weighted by atomic mass is 10.2. The zero-order valence-electron chi connectivity index (χ0n) is 18.7. The van der Waals surface area contributed by atoms with Crippen molar-refractivity contribution >= 4 is 56.3 Å². The second-order valence-electron chi connectivity index (χ2n) is 7.97. The average molecular weight is 533 g/mol. The Balaban J connectivity index is 2.04. The molecule has 2 heterocycles. The third-order valence-corrected chi connectivity index (χ3v) is 7.50. The number of aromatic nitrogens is 2. The third-order valence-electron chi connectivity index (χ3n) is 5.46. The molecule has 35 heavy (non-hydrogen) atoms. The molecule has 0 atom stereocenters. The number of nitro groups is 1. The van der Waals surface area contributed by atoms with Crippen LogP contribution in [-0.2, 0) is 6.54 Å². The monoisotopic (exact) mass is 532 g/mol. The number of fused-ring (bicyclic) bond motifs is 1. The Kier molecular flexibility index (Phi) is 6.54. The predicted molar refractivity (Wildman–Crippen MR) is 137 cm³/mol. The van der Waals surface area contributed by atoms with Gasteiger partial charge in [-0.05, 0) is 36.2 Å². The molecule has 4 rings (SSSR count). The molecule has 2 aromatic carbocycles. The molecule has 2 aromatic heterocycles. The van der Waals surface area contributed by atoms with Crippen molar-refractivity contribution in [2.24, 2.45) is 0 Å². The summed E-state index contributed by atoms with van der Waals surface area (Å²) >= 11 is 13.2. The van der Waals surface area contributed by atoms with E-state index >= 15 is 0 Å². The van der Waals surface area contributed by atoms with Gasteiger partial charge in [0.2, 0.25) is 0 Å². The van der Waals surface area contributed by atoms with Gasteiger partial charge < -0.3 is 4.90 Å². The van der Waals surface area contributed by atoms with Crippen LogP contribution in [0.1, 0.15) is 20.8 Å². The molecule has 0 radical (unpaired) electrons. The summed E-state index contributed by atoms with van der Waals surface area (Å²) < 4.78 is 2.37. The lowest BCUT2D eigenvalue weighted by molar-refractivity contribution is -0.384. The van der Waals surface area contributed by atoms with Gasteiger partial charge in [0, 0.05) is 26.2 Å². The number of hydrogen-bond donors (Lipinski definition) is 0. The van der Waals surface area contributed by atoms with Crippen LogP contribution in [0.15, 0.2) is 52.1 Å². The first-order valence-electron chi connectivity index (χ1n) is 10.2. The fourth-order valence-electron chi connectivity index (χ4n) is 3.65. The Morgan fingerprint density at radius 2 is 1.74 bits per heavy atom. The van der Waals surface area contributed by atoms with Gasteiger partial charge in [0.15, 0.2) is 0 Å². The van der Waals surface area contributed by atoms with Crippen molar-refractivity contribution in [3.8, 4) is 5.69 Å². The second-order valence-corrected chi connectivity index (χ2v) is 9.78. The molecule has 0 saturated carbocycles. The minimum absolute atomic E-state index is 0.0183. The summed E-state index contributed by atoms with van der Waals surface area (Å²) in [6.45, 7) is 1.68. The maximum absolute atomic E-state index is 13.7. The van der Waals surface area contributed by atoms with Crippen LogP contribution < -0.4 is 11.2 Å². The molecule has 12 heteroatoms. The SMILES string of the molecule is Cc1c(C(=O)N(C)C)sc2c1c(=O)n(-c1ccc(Cl)c(Cl)c1)c(=O)n2Cc1ccc([N+](=O)[O-])cc1. The predicted octanol–water partition coefficient (Wildman–Crippen LogP) is 4.49. The molecule has 9 nitrogen and oxygen atoms in total. The van der Waals surface area contributed by atoms with Crippen LogP contribution in [0, 0.1) is 17.0 Å². The number of halogens is 2. The highest BCUT2D eigenvalue weighted by molar-refractivity contribution is 7.20.